The molecule has 4 N–H and O–H groups in total. The Morgan fingerprint density at radius 3 is 2.83 bits per heavy atom. The molecule has 0 saturated carbocycles. The van der Waals surface area contributed by atoms with Crippen LogP contribution in [0.15, 0.2) is 24.8 Å². The normalized spacial score (nSPS) is 10.9. The standard InChI is InChI=1S/C11H11N7/c1-18-11-8(10(13)15-5-16-11)9(17-18)6-2-3-14-4-7(6)12/h2-5H,12H2,1H3,(H2,13,15,16). The highest BCUT2D eigenvalue weighted by Gasteiger charge is 2.16. The SMILES string of the molecule is Cn1nc(-c2ccncc2N)c2c(N)ncnc21. The number of hydrogen-bond acceptors (Lipinski definition) is 6. The number of nitrogen functional groups attached to an aromatic ring is 2. The highest BCUT2D eigenvalue weighted by atomic mass is 15.3. The molecular formula is C11H11N7. The van der Waals surface area contributed by atoms with Crippen molar-refractivity contribution in [2.45, 2.75) is 0 Å². The highest BCUT2D eigenvalue weighted by molar-refractivity contribution is 6.00. The lowest BCUT2D eigenvalue weighted by Crippen LogP contribution is -1.95. The van der Waals surface area contributed by atoms with Crippen LogP contribution in [0.3, 0.4) is 0 Å². The lowest BCUT2D eigenvalue weighted by Gasteiger charge is -2.02. The lowest BCUT2D eigenvalue weighted by atomic mass is 10.1. The number of hydrogen-bond donors (Lipinski definition) is 2. The van der Waals surface area contributed by atoms with Crippen LogP contribution in [0.5, 0.6) is 0 Å². The molecule has 7 heteroatoms. The summed E-state index contributed by atoms with van der Waals surface area (Å²) < 4.78 is 1.66. The Morgan fingerprint density at radius 2 is 2.06 bits per heavy atom. The van der Waals surface area contributed by atoms with Crippen LogP contribution in [0, 0.1) is 0 Å². The summed E-state index contributed by atoms with van der Waals surface area (Å²) in [7, 11) is 1.80. The van der Waals surface area contributed by atoms with E-state index < -0.39 is 0 Å². The number of pyridine rings is 1. The van der Waals surface area contributed by atoms with Gasteiger partial charge in [0.05, 0.1) is 17.3 Å². The van der Waals surface area contributed by atoms with Gasteiger partial charge >= 0.3 is 0 Å². The van der Waals surface area contributed by atoms with Crippen LogP contribution in [-0.4, -0.2) is 24.7 Å². The minimum absolute atomic E-state index is 0.388. The number of nitrogens with zero attached hydrogens (tertiary/aromatic N) is 5. The lowest BCUT2D eigenvalue weighted by molar-refractivity contribution is 0.789. The summed E-state index contributed by atoms with van der Waals surface area (Å²) in [5.74, 6) is 0.388. The predicted octanol–water partition coefficient (Wildman–Crippen LogP) is 0.590. The zero-order valence-corrected chi connectivity index (χ0v) is 9.70. The molecule has 3 rings (SSSR count). The van der Waals surface area contributed by atoms with E-state index in [0.29, 0.717) is 28.2 Å². The zero-order valence-electron chi connectivity index (χ0n) is 9.70. The maximum Gasteiger partial charge on any atom is 0.163 e. The minimum atomic E-state index is 0.388. The van der Waals surface area contributed by atoms with Crippen molar-refractivity contribution in [1.82, 2.24) is 24.7 Å². The highest BCUT2D eigenvalue weighted by Crippen LogP contribution is 2.32. The Kier molecular flexibility index (Phi) is 2.12. The van der Waals surface area contributed by atoms with Gasteiger partial charge < -0.3 is 11.5 Å². The molecule has 0 aromatic carbocycles. The zero-order chi connectivity index (χ0) is 12.7. The molecule has 0 radical (unpaired) electrons. The first-order chi connectivity index (χ1) is 8.68. The first-order valence-electron chi connectivity index (χ1n) is 5.31. The molecule has 90 valence electrons. The Hall–Kier alpha value is -2.70. The van der Waals surface area contributed by atoms with E-state index in [0.717, 1.165) is 5.56 Å². The molecule has 0 aliphatic rings. The molecule has 0 aliphatic carbocycles. The van der Waals surface area contributed by atoms with Crippen molar-refractivity contribution in [3.8, 4) is 11.3 Å². The Balaban J connectivity index is 2.41. The van der Waals surface area contributed by atoms with Crippen LogP contribution in [0.1, 0.15) is 0 Å². The maximum atomic E-state index is 5.91. The molecule has 3 heterocycles. The molecule has 0 amide bonds. The summed E-state index contributed by atoms with van der Waals surface area (Å²) >= 11 is 0. The van der Waals surface area contributed by atoms with Gasteiger partial charge in [-0.2, -0.15) is 5.10 Å². The summed E-state index contributed by atoms with van der Waals surface area (Å²) in [4.78, 5) is 12.1. The molecule has 0 fully saturated rings. The number of anilines is 2. The molecule has 0 saturated heterocycles. The molecular weight excluding hydrogens is 230 g/mol. The molecule has 0 atom stereocenters. The summed E-state index contributed by atoms with van der Waals surface area (Å²) in [5.41, 5.74) is 14.5. The number of aromatic nitrogens is 5. The van der Waals surface area contributed by atoms with E-state index in [4.69, 9.17) is 11.5 Å². The fraction of sp³-hybridized carbons (Fsp3) is 0.0909. The van der Waals surface area contributed by atoms with Crippen LogP contribution >= 0.6 is 0 Å². The van der Waals surface area contributed by atoms with Crippen molar-refractivity contribution in [3.63, 3.8) is 0 Å². The fourth-order valence-corrected chi connectivity index (χ4v) is 1.92. The minimum Gasteiger partial charge on any atom is -0.397 e. The van der Waals surface area contributed by atoms with Crippen molar-refractivity contribution in [2.75, 3.05) is 11.5 Å². The Morgan fingerprint density at radius 1 is 1.22 bits per heavy atom. The second-order valence-electron chi connectivity index (χ2n) is 3.89. The van der Waals surface area contributed by atoms with Crippen LogP contribution < -0.4 is 11.5 Å². The predicted molar refractivity (Wildman–Crippen MR) is 68.4 cm³/mol. The molecule has 3 aromatic heterocycles. The third-order valence-corrected chi connectivity index (χ3v) is 2.76. The summed E-state index contributed by atoms with van der Waals surface area (Å²) in [5, 5.41) is 5.11. The number of nitrogens with two attached hydrogens (primary N) is 2. The average molecular weight is 241 g/mol. The van der Waals surface area contributed by atoms with Gasteiger partial charge in [0.15, 0.2) is 5.65 Å². The van der Waals surface area contributed by atoms with E-state index >= 15 is 0 Å². The molecule has 3 aromatic rings. The van der Waals surface area contributed by atoms with Crippen molar-refractivity contribution < 1.29 is 0 Å². The molecule has 0 bridgehead atoms. The first kappa shape index (κ1) is 10.5. The Labute approximate surface area is 102 Å². The van der Waals surface area contributed by atoms with Gasteiger partial charge in [-0.15, -0.1) is 0 Å². The van der Waals surface area contributed by atoms with E-state index in [1.54, 1.807) is 30.2 Å². The quantitative estimate of drug-likeness (QED) is 0.645. The van der Waals surface area contributed by atoms with E-state index in [-0.39, 0.29) is 0 Å². The van der Waals surface area contributed by atoms with E-state index in [1.165, 1.54) is 6.33 Å². The molecule has 7 nitrogen and oxygen atoms in total. The third-order valence-electron chi connectivity index (χ3n) is 2.76. The average Bonchev–Trinajstić information content (AvgIpc) is 2.69. The van der Waals surface area contributed by atoms with Gasteiger partial charge in [-0.25, -0.2) is 14.6 Å². The van der Waals surface area contributed by atoms with Crippen molar-refractivity contribution in [3.05, 3.63) is 24.8 Å². The fourth-order valence-electron chi connectivity index (χ4n) is 1.92. The molecule has 0 aliphatic heterocycles. The smallest absolute Gasteiger partial charge is 0.163 e. The van der Waals surface area contributed by atoms with Crippen molar-refractivity contribution in [1.29, 1.82) is 0 Å². The largest absolute Gasteiger partial charge is 0.397 e. The molecule has 0 spiro atoms. The van der Waals surface area contributed by atoms with Gasteiger partial charge in [-0.3, -0.25) is 4.98 Å². The third kappa shape index (κ3) is 1.37. The summed E-state index contributed by atoms with van der Waals surface area (Å²) in [6, 6.07) is 1.80. The second kappa shape index (κ2) is 3.66. The van der Waals surface area contributed by atoms with Gasteiger partial charge in [0.2, 0.25) is 0 Å². The van der Waals surface area contributed by atoms with E-state index in [2.05, 4.69) is 20.1 Å². The maximum absolute atomic E-state index is 5.91. The van der Waals surface area contributed by atoms with Crippen LogP contribution in [0.4, 0.5) is 11.5 Å². The Bertz CT molecular complexity index is 731. The van der Waals surface area contributed by atoms with Crippen LogP contribution in [0.25, 0.3) is 22.3 Å². The van der Waals surface area contributed by atoms with Gasteiger partial charge in [0, 0.05) is 18.8 Å². The monoisotopic (exact) mass is 241 g/mol. The number of rotatable bonds is 1. The number of aryl methyl sites for hydroxylation is 1. The van der Waals surface area contributed by atoms with Gasteiger partial charge in [-0.1, -0.05) is 0 Å². The van der Waals surface area contributed by atoms with E-state index in [1.807, 2.05) is 0 Å². The molecule has 0 unspecified atom stereocenters. The second-order valence-corrected chi connectivity index (χ2v) is 3.89. The topological polar surface area (TPSA) is 109 Å². The van der Waals surface area contributed by atoms with Crippen molar-refractivity contribution in [2.24, 2.45) is 7.05 Å². The number of fused-ring (bicyclic) bond motifs is 1. The summed E-state index contributed by atoms with van der Waals surface area (Å²) in [6.45, 7) is 0. The summed E-state index contributed by atoms with van der Waals surface area (Å²) in [6.07, 6.45) is 4.65. The van der Waals surface area contributed by atoms with Crippen molar-refractivity contribution >= 4 is 22.5 Å². The van der Waals surface area contributed by atoms with Gasteiger partial charge in [0.25, 0.3) is 0 Å². The van der Waals surface area contributed by atoms with E-state index in [9.17, 15) is 0 Å². The molecule has 18 heavy (non-hydrogen) atoms. The first-order valence-corrected chi connectivity index (χ1v) is 5.31. The van der Waals surface area contributed by atoms with Crippen LogP contribution in [0.2, 0.25) is 0 Å². The van der Waals surface area contributed by atoms with Gasteiger partial charge in [0.1, 0.15) is 17.8 Å². The van der Waals surface area contributed by atoms with Crippen LogP contribution in [-0.2, 0) is 7.05 Å². The van der Waals surface area contributed by atoms with Gasteiger partial charge in [-0.05, 0) is 6.07 Å².